The Morgan fingerprint density at radius 2 is 1.83 bits per heavy atom. The number of nitrogens with one attached hydrogen (secondary N) is 2. The van der Waals surface area contributed by atoms with Crippen LogP contribution in [0.2, 0.25) is 0 Å². The smallest absolute Gasteiger partial charge is 0.149 e. The second-order valence-corrected chi connectivity index (χ2v) is 8.52. The number of ether oxygens (including phenoxy) is 1. The van der Waals surface area contributed by atoms with Crippen LogP contribution in [0.3, 0.4) is 0 Å². The SMILES string of the molecule is COc1cc(F)ccc1-c1cc(Nc2cc(C[S@@](C)(=N)=O)ccn2)ncc1F.Cl. The van der Waals surface area contributed by atoms with E-state index in [9.17, 15) is 13.0 Å². The van der Waals surface area contributed by atoms with Gasteiger partial charge in [-0.25, -0.2) is 23.0 Å². The Labute approximate surface area is 173 Å². The average molecular weight is 441 g/mol. The summed E-state index contributed by atoms with van der Waals surface area (Å²) >= 11 is 0. The molecule has 0 amide bonds. The first kappa shape index (κ1) is 22.5. The summed E-state index contributed by atoms with van der Waals surface area (Å²) in [5.41, 5.74) is 1.25. The van der Waals surface area contributed by atoms with Gasteiger partial charge in [0.25, 0.3) is 0 Å². The van der Waals surface area contributed by atoms with Crippen molar-refractivity contribution in [3.8, 4) is 16.9 Å². The lowest BCUT2D eigenvalue weighted by Gasteiger charge is -2.12. The zero-order chi connectivity index (χ0) is 20.3. The highest BCUT2D eigenvalue weighted by atomic mass is 35.5. The molecule has 154 valence electrons. The molecule has 0 radical (unpaired) electrons. The van der Waals surface area contributed by atoms with E-state index in [4.69, 9.17) is 9.52 Å². The minimum atomic E-state index is -2.69. The summed E-state index contributed by atoms with van der Waals surface area (Å²) < 4.78 is 52.2. The van der Waals surface area contributed by atoms with E-state index in [1.165, 1.54) is 43.8 Å². The number of hydrogen-bond acceptors (Lipinski definition) is 6. The van der Waals surface area contributed by atoms with Gasteiger partial charge in [0.15, 0.2) is 0 Å². The highest BCUT2D eigenvalue weighted by Gasteiger charge is 2.14. The van der Waals surface area contributed by atoms with Gasteiger partial charge in [0.05, 0.1) is 19.1 Å². The van der Waals surface area contributed by atoms with E-state index in [-0.39, 0.29) is 29.5 Å². The second-order valence-electron chi connectivity index (χ2n) is 6.22. The number of nitrogens with zero attached hydrogens (tertiary/aromatic N) is 2. The van der Waals surface area contributed by atoms with E-state index in [1.54, 1.807) is 12.1 Å². The first-order chi connectivity index (χ1) is 13.2. The molecule has 3 rings (SSSR count). The summed E-state index contributed by atoms with van der Waals surface area (Å²) in [4.78, 5) is 8.16. The normalized spacial score (nSPS) is 12.6. The van der Waals surface area contributed by atoms with Gasteiger partial charge in [0.2, 0.25) is 0 Å². The van der Waals surface area contributed by atoms with Crippen molar-refractivity contribution < 1.29 is 17.7 Å². The van der Waals surface area contributed by atoms with Crippen molar-refractivity contribution in [1.82, 2.24) is 9.97 Å². The van der Waals surface area contributed by atoms with Crippen LogP contribution in [0.4, 0.5) is 20.4 Å². The lowest BCUT2D eigenvalue weighted by atomic mass is 10.0. The fourth-order valence-electron chi connectivity index (χ4n) is 2.68. The van der Waals surface area contributed by atoms with Gasteiger partial charge < -0.3 is 10.1 Å². The minimum absolute atomic E-state index is 0. The molecular weight excluding hydrogens is 422 g/mol. The van der Waals surface area contributed by atoms with E-state index < -0.39 is 21.4 Å². The van der Waals surface area contributed by atoms with Crippen LogP contribution in [-0.4, -0.2) is 27.5 Å². The van der Waals surface area contributed by atoms with Crippen molar-refractivity contribution >= 4 is 33.8 Å². The second kappa shape index (κ2) is 9.15. The molecule has 0 fully saturated rings. The number of rotatable bonds is 6. The van der Waals surface area contributed by atoms with Gasteiger partial charge in [-0.05, 0) is 35.9 Å². The molecule has 2 heterocycles. The molecule has 0 bridgehead atoms. The Balaban J connectivity index is 0.00000300. The molecule has 0 saturated heterocycles. The largest absolute Gasteiger partial charge is 0.496 e. The minimum Gasteiger partial charge on any atom is -0.496 e. The summed E-state index contributed by atoms with van der Waals surface area (Å²) in [6, 6.07) is 8.63. The fraction of sp³-hybridized carbons (Fsp3) is 0.158. The number of pyridine rings is 2. The summed E-state index contributed by atoms with van der Waals surface area (Å²) in [5, 5.41) is 2.96. The highest BCUT2D eigenvalue weighted by Crippen LogP contribution is 2.33. The molecule has 1 atom stereocenters. The lowest BCUT2D eigenvalue weighted by molar-refractivity contribution is 0.412. The molecule has 0 saturated carbocycles. The third-order valence-corrected chi connectivity index (χ3v) is 4.72. The summed E-state index contributed by atoms with van der Waals surface area (Å²) in [6.45, 7) is 0. The van der Waals surface area contributed by atoms with Crippen LogP contribution in [0.1, 0.15) is 5.56 Å². The van der Waals surface area contributed by atoms with Gasteiger partial charge in [-0.15, -0.1) is 12.4 Å². The molecule has 0 aliphatic rings. The van der Waals surface area contributed by atoms with Crippen LogP contribution in [0.5, 0.6) is 5.75 Å². The van der Waals surface area contributed by atoms with Crippen LogP contribution in [0, 0.1) is 16.4 Å². The molecule has 1 aromatic carbocycles. The molecule has 0 aliphatic heterocycles. The van der Waals surface area contributed by atoms with Crippen molar-refractivity contribution in [2.75, 3.05) is 18.7 Å². The Morgan fingerprint density at radius 1 is 1.10 bits per heavy atom. The molecule has 2 N–H and O–H groups in total. The number of benzene rings is 1. The van der Waals surface area contributed by atoms with Crippen LogP contribution >= 0.6 is 12.4 Å². The summed E-state index contributed by atoms with van der Waals surface area (Å²) in [6.07, 6.45) is 3.94. The Hall–Kier alpha value is -2.78. The third kappa shape index (κ3) is 5.85. The molecule has 2 aromatic heterocycles. The van der Waals surface area contributed by atoms with Crippen molar-refractivity contribution in [1.29, 1.82) is 4.78 Å². The number of aromatic nitrogens is 2. The third-order valence-electron chi connectivity index (χ3n) is 3.83. The average Bonchev–Trinajstić information content (AvgIpc) is 2.62. The maximum Gasteiger partial charge on any atom is 0.149 e. The predicted octanol–water partition coefficient (Wildman–Crippen LogP) is 4.77. The number of hydrogen-bond donors (Lipinski definition) is 2. The van der Waals surface area contributed by atoms with Crippen molar-refractivity contribution in [3.05, 3.63) is 66.0 Å². The van der Waals surface area contributed by atoms with Crippen molar-refractivity contribution in [2.24, 2.45) is 0 Å². The topological polar surface area (TPSA) is 88.0 Å². The zero-order valence-electron chi connectivity index (χ0n) is 15.6. The van der Waals surface area contributed by atoms with Crippen LogP contribution in [0.25, 0.3) is 11.1 Å². The molecule has 10 heteroatoms. The molecule has 0 spiro atoms. The van der Waals surface area contributed by atoms with Crippen molar-refractivity contribution in [3.63, 3.8) is 0 Å². The molecule has 0 aliphatic carbocycles. The maximum absolute atomic E-state index is 14.4. The van der Waals surface area contributed by atoms with Gasteiger partial charge in [0, 0.05) is 39.4 Å². The maximum atomic E-state index is 14.4. The van der Waals surface area contributed by atoms with Crippen LogP contribution < -0.4 is 10.1 Å². The number of methoxy groups -OCH3 is 1. The van der Waals surface area contributed by atoms with Crippen LogP contribution in [0.15, 0.2) is 48.8 Å². The fourth-order valence-corrected chi connectivity index (χ4v) is 3.50. The van der Waals surface area contributed by atoms with E-state index in [0.29, 0.717) is 22.8 Å². The van der Waals surface area contributed by atoms with Crippen LogP contribution in [-0.2, 0) is 15.5 Å². The summed E-state index contributed by atoms with van der Waals surface area (Å²) in [5.74, 6) is -0.0513. The monoisotopic (exact) mass is 440 g/mol. The Bertz CT molecular complexity index is 1130. The molecular formula is C19H19ClF2N4O2S. The Kier molecular flexibility index (Phi) is 7.10. The zero-order valence-corrected chi connectivity index (χ0v) is 17.2. The number of anilines is 2. The lowest BCUT2D eigenvalue weighted by Crippen LogP contribution is -2.02. The molecule has 6 nitrogen and oxygen atoms in total. The van der Waals surface area contributed by atoms with E-state index in [0.717, 1.165) is 6.20 Å². The van der Waals surface area contributed by atoms with E-state index >= 15 is 0 Å². The molecule has 0 unspecified atom stereocenters. The van der Waals surface area contributed by atoms with E-state index in [1.807, 2.05) is 0 Å². The van der Waals surface area contributed by atoms with Gasteiger partial charge in [-0.2, -0.15) is 0 Å². The van der Waals surface area contributed by atoms with E-state index in [2.05, 4.69) is 15.3 Å². The first-order valence-electron chi connectivity index (χ1n) is 8.18. The summed E-state index contributed by atoms with van der Waals surface area (Å²) in [7, 11) is -1.31. The molecule has 29 heavy (non-hydrogen) atoms. The van der Waals surface area contributed by atoms with Gasteiger partial charge in [-0.3, -0.25) is 4.78 Å². The molecule has 3 aromatic rings. The number of halogens is 3. The predicted molar refractivity (Wildman–Crippen MR) is 111 cm³/mol. The van der Waals surface area contributed by atoms with Gasteiger partial charge in [0.1, 0.15) is 29.0 Å². The van der Waals surface area contributed by atoms with Crippen molar-refractivity contribution in [2.45, 2.75) is 5.75 Å². The standard InChI is InChI=1S/C19H18F2N4O2S.ClH/c1-27-17-8-13(20)3-4-14(17)15-9-19(24-10-16(15)21)25-18-7-12(5-6-23-18)11-28(2,22)26;/h3-10,22H,11H2,1-2H3,(H,23,24,25);1H/t28-;/m0./s1. The van der Waals surface area contributed by atoms with Gasteiger partial charge in [-0.1, -0.05) is 0 Å². The Morgan fingerprint density at radius 3 is 2.52 bits per heavy atom. The highest BCUT2D eigenvalue weighted by molar-refractivity contribution is 7.90. The quantitative estimate of drug-likeness (QED) is 0.576. The first-order valence-corrected chi connectivity index (χ1v) is 10.3. The van der Waals surface area contributed by atoms with Gasteiger partial charge >= 0.3 is 0 Å².